The van der Waals surface area contributed by atoms with Crippen LogP contribution in [0.1, 0.15) is 11.1 Å². The summed E-state index contributed by atoms with van der Waals surface area (Å²) in [7, 11) is 0. The predicted octanol–water partition coefficient (Wildman–Crippen LogP) is 18.6. The van der Waals surface area contributed by atoms with Gasteiger partial charge in [-0.25, -0.2) is 0 Å². The summed E-state index contributed by atoms with van der Waals surface area (Å²) >= 11 is 10.1. The first kappa shape index (κ1) is 47.2. The molecule has 0 N–H and O–H groups in total. The Morgan fingerprint density at radius 3 is 1.10 bits per heavy atom. The molecule has 0 unspecified atom stereocenters. The Morgan fingerprint density at radius 1 is 0.296 bits per heavy atom. The van der Waals surface area contributed by atoms with Crippen LogP contribution in [-0.2, 0) is 6.42 Å². The lowest BCUT2D eigenvalue weighted by Crippen LogP contribution is -2.11. The molecule has 0 aliphatic heterocycles. The maximum atomic E-state index is 13.9. The third-order valence-corrected chi connectivity index (χ3v) is 15.2. The molecule has 0 bridgehead atoms. The molecule has 0 aliphatic carbocycles. The summed E-state index contributed by atoms with van der Waals surface area (Å²) in [6.45, 7) is 0. The van der Waals surface area contributed by atoms with Crippen molar-refractivity contribution in [2.45, 2.75) is 6.42 Å². The van der Waals surface area contributed by atoms with Crippen LogP contribution < -0.4 is 20.7 Å². The van der Waals surface area contributed by atoms with Gasteiger partial charge in [-0.15, -0.1) is 22.7 Å². The van der Waals surface area contributed by atoms with Gasteiger partial charge in [0.15, 0.2) is 10.9 Å². The molecule has 0 spiro atoms. The van der Waals surface area contributed by atoms with E-state index in [0.717, 1.165) is 89.8 Å². The third-order valence-electron chi connectivity index (χ3n) is 11.9. The van der Waals surface area contributed by atoms with E-state index in [9.17, 15) is 9.59 Å². The number of halogens is 2. The summed E-state index contributed by atoms with van der Waals surface area (Å²) in [6.07, 6.45) is 1.03. The van der Waals surface area contributed by atoms with Gasteiger partial charge in [0.1, 0.15) is 0 Å². The highest BCUT2D eigenvalue weighted by molar-refractivity contribution is 9.10. The largest absolute Gasteiger partial charge is 0.310 e. The Bertz CT molecular complexity index is 3740. The molecule has 8 heteroatoms. The van der Waals surface area contributed by atoms with Crippen LogP contribution in [0.5, 0.6) is 0 Å². The molecule has 0 saturated carbocycles. The Morgan fingerprint density at radius 2 is 0.634 bits per heavy atom. The van der Waals surface area contributed by atoms with Crippen LogP contribution in [0.2, 0.25) is 0 Å². The van der Waals surface area contributed by atoms with Crippen molar-refractivity contribution in [1.29, 1.82) is 0 Å². The molecule has 344 valence electrons. The van der Waals surface area contributed by atoms with Gasteiger partial charge in [0, 0.05) is 83.4 Å². The van der Waals surface area contributed by atoms with Gasteiger partial charge in [-0.2, -0.15) is 0 Å². The van der Waals surface area contributed by atoms with Gasteiger partial charge in [0.2, 0.25) is 0 Å². The average molecular weight is 1080 g/mol. The van der Waals surface area contributed by atoms with Crippen molar-refractivity contribution in [2.24, 2.45) is 0 Å². The molecule has 0 atom stereocenters. The zero-order chi connectivity index (χ0) is 48.5. The van der Waals surface area contributed by atoms with E-state index in [0.29, 0.717) is 0 Å². The fraction of sp³-hybridized carbons (Fsp3) is 0.0159. The van der Waals surface area contributed by atoms with Crippen molar-refractivity contribution < 1.29 is 0 Å². The molecule has 0 fully saturated rings. The Balaban J connectivity index is 0.000000157. The van der Waals surface area contributed by atoms with Crippen molar-refractivity contribution in [3.8, 4) is 0 Å². The molecule has 0 aliphatic rings. The van der Waals surface area contributed by atoms with Crippen molar-refractivity contribution in [3.05, 3.63) is 295 Å². The lowest BCUT2D eigenvalue weighted by atomic mass is 10.1. The normalized spacial score (nSPS) is 10.8. The number of hydrogen-bond acceptors (Lipinski definition) is 6. The van der Waals surface area contributed by atoms with Gasteiger partial charge in [0.05, 0.1) is 0 Å². The number of fused-ring (bicyclic) bond motifs is 4. The number of benzene rings is 10. The second-order valence-electron chi connectivity index (χ2n) is 16.7. The number of anilines is 6. The molecule has 12 rings (SSSR count). The Labute approximate surface area is 437 Å². The quantitative estimate of drug-likeness (QED) is 0.142. The van der Waals surface area contributed by atoms with E-state index in [-0.39, 0.29) is 10.9 Å². The summed E-state index contributed by atoms with van der Waals surface area (Å²) in [5, 5.41) is 3.02. The summed E-state index contributed by atoms with van der Waals surface area (Å²) in [6, 6.07) is 86.2. The number of nitrogens with zero attached hydrogens (tertiary/aromatic N) is 2. The fourth-order valence-corrected chi connectivity index (χ4v) is 11.6. The van der Waals surface area contributed by atoms with Gasteiger partial charge in [-0.3, -0.25) is 9.59 Å². The fourth-order valence-electron chi connectivity index (χ4n) is 8.54. The molecule has 2 heterocycles. The smallest absolute Gasteiger partial charge is 0.195 e. The second kappa shape index (κ2) is 22.1. The minimum atomic E-state index is 0.0502. The van der Waals surface area contributed by atoms with E-state index >= 15 is 0 Å². The topological polar surface area (TPSA) is 40.6 Å². The summed E-state index contributed by atoms with van der Waals surface area (Å²) in [5.74, 6) is 0. The molecule has 0 radical (unpaired) electrons. The van der Waals surface area contributed by atoms with E-state index in [1.807, 2.05) is 127 Å². The molecule has 12 aromatic rings. The number of para-hydroxylation sites is 4. The van der Waals surface area contributed by atoms with Gasteiger partial charge in [-0.05, 0) is 139 Å². The highest BCUT2D eigenvalue weighted by Crippen LogP contribution is 2.39. The van der Waals surface area contributed by atoms with Crippen LogP contribution in [0, 0.1) is 0 Å². The molecule has 2 aromatic heterocycles. The van der Waals surface area contributed by atoms with Crippen LogP contribution >= 0.6 is 54.5 Å². The van der Waals surface area contributed by atoms with E-state index in [1.54, 1.807) is 22.7 Å². The van der Waals surface area contributed by atoms with Crippen molar-refractivity contribution in [2.75, 3.05) is 9.80 Å². The molecular weight excluding hydrogens is 1040 g/mol. The van der Waals surface area contributed by atoms with Crippen LogP contribution in [0.4, 0.5) is 34.1 Å². The first-order valence-electron chi connectivity index (χ1n) is 23.1. The minimum absolute atomic E-state index is 0.0502. The molecule has 4 nitrogen and oxygen atoms in total. The second-order valence-corrected chi connectivity index (χ2v) is 20.7. The minimum Gasteiger partial charge on any atom is -0.310 e. The van der Waals surface area contributed by atoms with E-state index in [1.165, 1.54) is 11.1 Å². The molecular formula is C63H44Br2N2O2S2. The maximum absolute atomic E-state index is 13.9. The van der Waals surface area contributed by atoms with Crippen LogP contribution in [0.15, 0.2) is 273 Å². The Hall–Kier alpha value is -7.46. The Kier molecular flexibility index (Phi) is 14.7. The molecule has 10 aromatic carbocycles. The van der Waals surface area contributed by atoms with Crippen LogP contribution in [-0.4, -0.2) is 0 Å². The maximum Gasteiger partial charge on any atom is 0.195 e. The van der Waals surface area contributed by atoms with E-state index in [2.05, 4.69) is 169 Å². The van der Waals surface area contributed by atoms with E-state index in [4.69, 9.17) is 0 Å². The summed E-state index contributed by atoms with van der Waals surface area (Å²) < 4.78 is 5.90. The summed E-state index contributed by atoms with van der Waals surface area (Å²) in [5.41, 5.74) is 9.08. The monoisotopic (exact) mass is 1080 g/mol. The number of rotatable bonds is 8. The average Bonchev–Trinajstić information content (AvgIpc) is 3.41. The van der Waals surface area contributed by atoms with Crippen molar-refractivity contribution in [3.63, 3.8) is 0 Å². The van der Waals surface area contributed by atoms with Gasteiger partial charge >= 0.3 is 0 Å². The number of hydrogen-bond donors (Lipinski definition) is 0. The summed E-state index contributed by atoms with van der Waals surface area (Å²) in [4.78, 5) is 30.7. The molecule has 0 amide bonds. The van der Waals surface area contributed by atoms with E-state index < -0.39 is 0 Å². The zero-order valence-corrected chi connectivity index (χ0v) is 43.0. The molecule has 71 heavy (non-hydrogen) atoms. The van der Waals surface area contributed by atoms with Crippen molar-refractivity contribution in [1.82, 2.24) is 0 Å². The third kappa shape index (κ3) is 11.0. The van der Waals surface area contributed by atoms with Gasteiger partial charge in [-0.1, -0.05) is 165 Å². The standard InChI is InChI=1S/C37H26N2OS.C13H6Br2OS.C13H12/c40-37-33-23-21-32(39(29-17-9-3-10-18-29)30-19-11-4-12-20-30)26-36(33)41-35-24-22-31(25-34(35)37)38(27-13-5-1-6-14-27)28-15-7-2-8-16-28;14-7-2-4-11-10(5-7)13(16)9-3-1-8(15)6-12(9)17-11;1-3-7-12(8-4-1)11-13-9-5-2-6-10-13/h1-26H;1-6H;1-10H,11H2. The van der Waals surface area contributed by atoms with Gasteiger partial charge < -0.3 is 9.80 Å². The lowest BCUT2D eigenvalue weighted by molar-refractivity contribution is 1.19. The lowest BCUT2D eigenvalue weighted by Gasteiger charge is -2.26. The molecule has 0 saturated heterocycles. The highest BCUT2D eigenvalue weighted by Gasteiger charge is 2.17. The van der Waals surface area contributed by atoms with Gasteiger partial charge in [0.25, 0.3) is 0 Å². The van der Waals surface area contributed by atoms with Crippen LogP contribution in [0.25, 0.3) is 40.3 Å². The predicted molar refractivity (Wildman–Crippen MR) is 312 cm³/mol. The van der Waals surface area contributed by atoms with Crippen molar-refractivity contribution >= 4 is 129 Å². The zero-order valence-electron chi connectivity index (χ0n) is 38.2. The SMILES string of the molecule is O=c1c2ccc(Br)cc2sc2ccc(Br)cc12.O=c1c2ccc(N(c3ccccc3)c3ccccc3)cc2sc2ccc(N(c3ccccc3)c3ccccc3)cc12.c1ccc(Cc2ccccc2)cc1. The van der Waals surface area contributed by atoms with Crippen LogP contribution in [0.3, 0.4) is 0 Å². The first-order chi connectivity index (χ1) is 34.9. The first-order valence-corrected chi connectivity index (χ1v) is 26.3. The highest BCUT2D eigenvalue weighted by atomic mass is 79.9.